The number of rotatable bonds is 4. The van der Waals surface area contributed by atoms with E-state index in [1.807, 2.05) is 26.0 Å². The van der Waals surface area contributed by atoms with Gasteiger partial charge < -0.3 is 4.74 Å². The van der Waals surface area contributed by atoms with Crippen LogP contribution >= 0.6 is 0 Å². The molecule has 1 aromatic heterocycles. The van der Waals surface area contributed by atoms with Gasteiger partial charge in [0.1, 0.15) is 5.75 Å². The van der Waals surface area contributed by atoms with Gasteiger partial charge in [-0.15, -0.1) is 0 Å². The smallest absolute Gasteiger partial charge is 0.269 e. The molecule has 122 valence electrons. The molecule has 0 saturated heterocycles. The van der Waals surface area contributed by atoms with Crippen LogP contribution < -0.4 is 10.3 Å². The highest BCUT2D eigenvalue weighted by Gasteiger charge is 2.09. The third-order valence-corrected chi connectivity index (χ3v) is 3.59. The van der Waals surface area contributed by atoms with Crippen molar-refractivity contribution in [2.75, 3.05) is 0 Å². The Hall–Kier alpha value is -3.15. The number of non-ortho nitro benzene ring substituents is 1. The monoisotopic (exact) mass is 324 g/mol. The number of nitro benzene ring substituents is 1. The van der Waals surface area contributed by atoms with Crippen molar-refractivity contribution in [2.45, 2.75) is 20.0 Å². The Bertz CT molecular complexity index is 959. The minimum atomic E-state index is -0.469. The Morgan fingerprint density at radius 1 is 1.08 bits per heavy atom. The second kappa shape index (κ2) is 6.16. The van der Waals surface area contributed by atoms with Crippen molar-refractivity contribution in [2.24, 2.45) is 0 Å². The van der Waals surface area contributed by atoms with E-state index in [-0.39, 0.29) is 17.4 Å². The number of fused-ring (bicyclic) bond motifs is 1. The Kier molecular flexibility index (Phi) is 4.04. The Balaban J connectivity index is 2.05. The van der Waals surface area contributed by atoms with E-state index in [4.69, 9.17) is 4.74 Å². The molecule has 0 saturated carbocycles. The van der Waals surface area contributed by atoms with Crippen LogP contribution in [0.1, 0.15) is 13.8 Å². The summed E-state index contributed by atoms with van der Waals surface area (Å²) in [6.45, 7) is 3.88. The molecule has 3 rings (SSSR count). The lowest BCUT2D eigenvalue weighted by atomic mass is 10.1. The fourth-order valence-electron chi connectivity index (χ4n) is 2.51. The maximum Gasteiger partial charge on any atom is 0.269 e. The lowest BCUT2D eigenvalue weighted by Gasteiger charge is -2.11. The molecular weight excluding hydrogens is 308 g/mol. The third kappa shape index (κ3) is 2.99. The van der Waals surface area contributed by atoms with Gasteiger partial charge in [-0.2, -0.15) is 0 Å². The minimum absolute atomic E-state index is 0.0111. The molecule has 0 unspecified atom stereocenters. The highest BCUT2D eigenvalue weighted by Crippen LogP contribution is 2.21. The van der Waals surface area contributed by atoms with Gasteiger partial charge in [-0.05, 0) is 55.6 Å². The average molecular weight is 324 g/mol. The van der Waals surface area contributed by atoms with Gasteiger partial charge >= 0.3 is 0 Å². The van der Waals surface area contributed by atoms with Crippen LogP contribution in [0.4, 0.5) is 5.69 Å². The van der Waals surface area contributed by atoms with E-state index < -0.39 is 4.92 Å². The molecule has 0 aliphatic rings. The van der Waals surface area contributed by atoms with Crippen LogP contribution in [0.25, 0.3) is 16.5 Å². The molecule has 2 aromatic carbocycles. The fourth-order valence-corrected chi connectivity index (χ4v) is 2.51. The molecule has 0 fully saturated rings. The van der Waals surface area contributed by atoms with E-state index in [0.29, 0.717) is 16.8 Å². The highest BCUT2D eigenvalue weighted by atomic mass is 16.6. The van der Waals surface area contributed by atoms with E-state index in [1.54, 1.807) is 30.5 Å². The van der Waals surface area contributed by atoms with Gasteiger partial charge in [-0.1, -0.05) is 0 Å². The van der Waals surface area contributed by atoms with E-state index in [1.165, 1.54) is 16.7 Å². The van der Waals surface area contributed by atoms with Crippen molar-refractivity contribution in [3.63, 3.8) is 0 Å². The summed E-state index contributed by atoms with van der Waals surface area (Å²) >= 11 is 0. The lowest BCUT2D eigenvalue weighted by Crippen LogP contribution is -2.17. The van der Waals surface area contributed by atoms with Crippen LogP contribution in [0.2, 0.25) is 0 Å². The summed E-state index contributed by atoms with van der Waals surface area (Å²) in [5.41, 5.74) is 0.385. The Morgan fingerprint density at radius 3 is 2.42 bits per heavy atom. The second-order valence-electron chi connectivity index (χ2n) is 5.68. The summed E-state index contributed by atoms with van der Waals surface area (Å²) in [4.78, 5) is 22.9. The summed E-state index contributed by atoms with van der Waals surface area (Å²) < 4.78 is 7.11. The molecule has 0 N–H and O–H groups in total. The summed E-state index contributed by atoms with van der Waals surface area (Å²) in [6, 6.07) is 13.0. The standard InChI is InChI=1S/C18H16N2O4/c1-12(2)24-16-7-8-17-13(11-16)9-10-19(18(17)21)14-3-5-15(6-4-14)20(22)23/h3-12H,1-2H3. The van der Waals surface area contributed by atoms with Crippen LogP contribution in [0.15, 0.2) is 59.5 Å². The summed E-state index contributed by atoms with van der Waals surface area (Å²) in [7, 11) is 0. The van der Waals surface area contributed by atoms with Crippen LogP contribution in [-0.2, 0) is 0 Å². The Labute approximate surface area is 138 Å². The lowest BCUT2D eigenvalue weighted by molar-refractivity contribution is -0.384. The predicted octanol–water partition coefficient (Wildman–Crippen LogP) is 3.69. The molecular formula is C18H16N2O4. The zero-order valence-corrected chi connectivity index (χ0v) is 13.3. The topological polar surface area (TPSA) is 74.4 Å². The van der Waals surface area contributed by atoms with Crippen molar-refractivity contribution in [3.05, 3.63) is 75.2 Å². The van der Waals surface area contributed by atoms with Crippen LogP contribution in [0.3, 0.4) is 0 Å². The average Bonchev–Trinajstić information content (AvgIpc) is 2.54. The summed E-state index contributed by atoms with van der Waals surface area (Å²) in [5, 5.41) is 12.1. The van der Waals surface area contributed by atoms with Crippen molar-refractivity contribution in [1.82, 2.24) is 4.57 Å². The van der Waals surface area contributed by atoms with Gasteiger partial charge in [0, 0.05) is 29.4 Å². The molecule has 0 bridgehead atoms. The second-order valence-corrected chi connectivity index (χ2v) is 5.68. The largest absolute Gasteiger partial charge is 0.491 e. The molecule has 6 heteroatoms. The Morgan fingerprint density at radius 2 is 1.79 bits per heavy atom. The number of nitro groups is 1. The normalized spacial score (nSPS) is 11.0. The van der Waals surface area contributed by atoms with Crippen LogP contribution in [0.5, 0.6) is 5.75 Å². The number of aromatic nitrogens is 1. The molecule has 0 aliphatic carbocycles. The number of ether oxygens (including phenoxy) is 1. The van der Waals surface area contributed by atoms with Gasteiger partial charge in [0.2, 0.25) is 0 Å². The van der Waals surface area contributed by atoms with E-state index in [9.17, 15) is 14.9 Å². The van der Waals surface area contributed by atoms with Crippen LogP contribution in [0, 0.1) is 10.1 Å². The summed E-state index contributed by atoms with van der Waals surface area (Å²) in [5.74, 6) is 0.713. The maximum absolute atomic E-state index is 12.7. The number of nitrogens with zero attached hydrogens (tertiary/aromatic N) is 2. The molecule has 0 amide bonds. The first-order valence-electron chi connectivity index (χ1n) is 7.52. The van der Waals surface area contributed by atoms with Gasteiger partial charge in [-0.3, -0.25) is 19.5 Å². The zero-order chi connectivity index (χ0) is 17.3. The first-order chi connectivity index (χ1) is 11.5. The number of hydrogen-bond acceptors (Lipinski definition) is 4. The maximum atomic E-state index is 12.7. The van der Waals surface area contributed by atoms with Gasteiger partial charge in [-0.25, -0.2) is 0 Å². The van der Waals surface area contributed by atoms with E-state index in [2.05, 4.69) is 0 Å². The van der Waals surface area contributed by atoms with Crippen molar-refractivity contribution in [3.8, 4) is 11.4 Å². The number of benzene rings is 2. The number of pyridine rings is 1. The molecule has 0 aliphatic heterocycles. The fraction of sp³-hybridized carbons (Fsp3) is 0.167. The molecule has 24 heavy (non-hydrogen) atoms. The first kappa shape index (κ1) is 15.7. The van der Waals surface area contributed by atoms with Gasteiger partial charge in [0.05, 0.1) is 11.0 Å². The molecule has 0 spiro atoms. The quantitative estimate of drug-likeness (QED) is 0.542. The SMILES string of the molecule is CC(C)Oc1ccc2c(=O)n(-c3ccc([N+](=O)[O-])cc3)ccc2c1. The van der Waals surface area contributed by atoms with E-state index in [0.717, 1.165) is 5.39 Å². The van der Waals surface area contributed by atoms with Crippen molar-refractivity contribution in [1.29, 1.82) is 0 Å². The van der Waals surface area contributed by atoms with Crippen molar-refractivity contribution < 1.29 is 9.66 Å². The van der Waals surface area contributed by atoms with E-state index >= 15 is 0 Å². The predicted molar refractivity (Wildman–Crippen MR) is 92.0 cm³/mol. The van der Waals surface area contributed by atoms with Gasteiger partial charge in [0.25, 0.3) is 11.2 Å². The zero-order valence-electron chi connectivity index (χ0n) is 13.3. The molecule has 0 radical (unpaired) electrons. The minimum Gasteiger partial charge on any atom is -0.491 e. The third-order valence-electron chi connectivity index (χ3n) is 3.59. The molecule has 0 atom stereocenters. The summed E-state index contributed by atoms with van der Waals surface area (Å²) in [6.07, 6.45) is 1.72. The molecule has 1 heterocycles. The molecule has 6 nitrogen and oxygen atoms in total. The first-order valence-corrected chi connectivity index (χ1v) is 7.52. The van der Waals surface area contributed by atoms with Crippen LogP contribution in [-0.4, -0.2) is 15.6 Å². The molecule has 3 aromatic rings. The highest BCUT2D eigenvalue weighted by molar-refractivity contribution is 5.83. The van der Waals surface area contributed by atoms with Crippen molar-refractivity contribution >= 4 is 16.5 Å². The number of hydrogen-bond donors (Lipinski definition) is 0. The van der Waals surface area contributed by atoms with Gasteiger partial charge in [0.15, 0.2) is 0 Å².